The SMILES string of the molecule is Cc1cn([C@@H]2C[C@@H](O)[C@H](COP(=O)(O)OP(=O)(O)O)O2)c(=O)[nH]c1=O.[H-].[Na+]. The Balaban J connectivity index is 0.00000338. The van der Waals surface area contributed by atoms with E-state index in [4.69, 9.17) is 14.5 Å². The molecule has 0 radical (unpaired) electrons. The van der Waals surface area contributed by atoms with Crippen molar-refractivity contribution in [2.24, 2.45) is 0 Å². The predicted octanol–water partition coefficient (Wildman–Crippen LogP) is -4.16. The van der Waals surface area contributed by atoms with Gasteiger partial charge in [0.1, 0.15) is 12.3 Å². The van der Waals surface area contributed by atoms with E-state index in [2.05, 4.69) is 13.8 Å². The Bertz CT molecular complexity index is 854. The standard InChI is InChI=1S/C10H16N2O11P2.Na.H/c1-5-3-12(10(15)11-9(5)14)8-2-6(13)7(22-8)4-21-25(19,20)23-24(16,17)18;;/h3,6-8,13H,2,4H2,1H3,(H,19,20)(H,11,14,15)(H2,16,17,18);;/q;+1;-1/t6-,7+,8+;;/m1../s1. The van der Waals surface area contributed by atoms with E-state index >= 15 is 0 Å². The smallest absolute Gasteiger partial charge is 1.00 e. The number of aromatic nitrogens is 2. The molecule has 26 heavy (non-hydrogen) atoms. The molecule has 0 amide bonds. The molecule has 0 bridgehead atoms. The van der Waals surface area contributed by atoms with Crippen LogP contribution >= 0.6 is 15.6 Å². The molecular formula is C10H17N2NaO11P2. The van der Waals surface area contributed by atoms with E-state index in [1.807, 2.05) is 0 Å². The maximum absolute atomic E-state index is 11.8. The van der Waals surface area contributed by atoms with Crippen LogP contribution in [0.3, 0.4) is 0 Å². The molecule has 0 saturated carbocycles. The van der Waals surface area contributed by atoms with Gasteiger partial charge >= 0.3 is 50.9 Å². The van der Waals surface area contributed by atoms with Crippen molar-refractivity contribution in [3.8, 4) is 0 Å². The summed E-state index contributed by atoms with van der Waals surface area (Å²) in [7, 11) is -10.3. The van der Waals surface area contributed by atoms with Crippen LogP contribution in [-0.4, -0.2) is 48.2 Å². The van der Waals surface area contributed by atoms with Crippen molar-refractivity contribution >= 4 is 15.6 Å². The van der Waals surface area contributed by atoms with Gasteiger partial charge in [-0.25, -0.2) is 13.9 Å². The van der Waals surface area contributed by atoms with Crippen LogP contribution in [0.5, 0.6) is 0 Å². The van der Waals surface area contributed by atoms with Crippen molar-refractivity contribution < 1.29 is 73.5 Å². The number of hydrogen-bond acceptors (Lipinski definition) is 8. The normalized spacial score (nSPS) is 25.5. The van der Waals surface area contributed by atoms with Crippen molar-refractivity contribution in [1.29, 1.82) is 0 Å². The number of H-pyrrole nitrogens is 1. The van der Waals surface area contributed by atoms with Crippen LogP contribution < -0.4 is 40.8 Å². The molecule has 1 aromatic rings. The van der Waals surface area contributed by atoms with Crippen molar-refractivity contribution in [2.45, 2.75) is 31.8 Å². The van der Waals surface area contributed by atoms with E-state index in [1.165, 1.54) is 13.1 Å². The zero-order chi connectivity index (χ0) is 19.0. The van der Waals surface area contributed by atoms with Crippen LogP contribution in [0.15, 0.2) is 15.8 Å². The van der Waals surface area contributed by atoms with Gasteiger partial charge in [-0.15, -0.1) is 0 Å². The molecule has 0 aromatic carbocycles. The van der Waals surface area contributed by atoms with Gasteiger partial charge in [0.15, 0.2) is 0 Å². The zero-order valence-corrected chi connectivity index (χ0v) is 17.5. The first-order chi connectivity index (χ1) is 11.4. The third kappa shape index (κ3) is 6.48. The Morgan fingerprint density at radius 2 is 2.00 bits per heavy atom. The minimum absolute atomic E-state index is 0. The van der Waals surface area contributed by atoms with Gasteiger partial charge in [0.25, 0.3) is 5.56 Å². The topological polar surface area (TPSA) is 198 Å². The summed E-state index contributed by atoms with van der Waals surface area (Å²) in [5.74, 6) is 0. The second-order valence-electron chi connectivity index (χ2n) is 5.25. The average Bonchev–Trinajstić information content (AvgIpc) is 2.79. The molecule has 0 spiro atoms. The minimum atomic E-state index is -5.26. The molecule has 13 nitrogen and oxygen atoms in total. The number of aliphatic hydroxyl groups is 1. The average molecular weight is 426 g/mol. The molecule has 4 atom stereocenters. The van der Waals surface area contributed by atoms with Crippen molar-refractivity contribution in [2.75, 3.05) is 6.61 Å². The van der Waals surface area contributed by atoms with Gasteiger partial charge in [0.2, 0.25) is 0 Å². The maximum atomic E-state index is 11.8. The number of aliphatic hydroxyl groups excluding tert-OH is 1. The molecule has 0 aliphatic carbocycles. The van der Waals surface area contributed by atoms with Gasteiger partial charge in [0.05, 0.1) is 12.7 Å². The molecule has 1 aliphatic rings. The zero-order valence-electron chi connectivity index (χ0n) is 14.7. The van der Waals surface area contributed by atoms with E-state index < -0.39 is 51.9 Å². The number of nitrogens with zero attached hydrogens (tertiary/aromatic N) is 1. The first kappa shape index (κ1) is 23.9. The summed E-state index contributed by atoms with van der Waals surface area (Å²) in [5.41, 5.74) is -1.12. The number of hydrogen-bond donors (Lipinski definition) is 5. The van der Waals surface area contributed by atoms with Gasteiger partial charge in [-0.1, -0.05) is 0 Å². The van der Waals surface area contributed by atoms with E-state index in [1.54, 1.807) is 0 Å². The van der Waals surface area contributed by atoms with Gasteiger partial charge in [-0.05, 0) is 6.92 Å². The molecule has 1 aliphatic heterocycles. The summed E-state index contributed by atoms with van der Waals surface area (Å²) >= 11 is 0. The Morgan fingerprint density at radius 1 is 1.38 bits per heavy atom. The van der Waals surface area contributed by atoms with E-state index in [-0.39, 0.29) is 43.0 Å². The fraction of sp³-hybridized carbons (Fsp3) is 0.600. The van der Waals surface area contributed by atoms with Crippen LogP contribution in [0.25, 0.3) is 0 Å². The van der Waals surface area contributed by atoms with Gasteiger partial charge in [-0.3, -0.25) is 18.9 Å². The molecule has 16 heteroatoms. The Kier molecular flexibility index (Phi) is 8.19. The number of aromatic amines is 1. The number of phosphoric ester groups is 1. The monoisotopic (exact) mass is 426 g/mol. The Morgan fingerprint density at radius 3 is 2.58 bits per heavy atom. The molecule has 1 saturated heterocycles. The second-order valence-corrected chi connectivity index (χ2v) is 8.08. The van der Waals surface area contributed by atoms with Crippen molar-refractivity contribution in [1.82, 2.24) is 9.55 Å². The molecule has 2 heterocycles. The second kappa shape index (κ2) is 8.91. The summed E-state index contributed by atoms with van der Waals surface area (Å²) in [6.07, 6.45) is -2.22. The summed E-state index contributed by atoms with van der Waals surface area (Å²) in [6, 6.07) is 0. The number of rotatable bonds is 6. The van der Waals surface area contributed by atoms with Gasteiger partial charge in [0, 0.05) is 18.2 Å². The molecule has 2 rings (SSSR count). The largest absolute Gasteiger partial charge is 1.00 e. The third-order valence-corrected chi connectivity index (χ3v) is 5.42. The van der Waals surface area contributed by atoms with Crippen LogP contribution in [0.1, 0.15) is 19.6 Å². The number of nitrogens with one attached hydrogen (secondary N) is 1. The van der Waals surface area contributed by atoms with Gasteiger partial charge < -0.3 is 26.0 Å². The van der Waals surface area contributed by atoms with Crippen LogP contribution in [0.4, 0.5) is 0 Å². The van der Waals surface area contributed by atoms with E-state index in [9.17, 15) is 28.7 Å². The fourth-order valence-electron chi connectivity index (χ4n) is 2.16. The van der Waals surface area contributed by atoms with Gasteiger partial charge in [-0.2, -0.15) is 4.31 Å². The van der Waals surface area contributed by atoms with E-state index in [0.717, 1.165) is 4.57 Å². The molecule has 1 unspecified atom stereocenters. The summed E-state index contributed by atoms with van der Waals surface area (Å²) in [6.45, 7) is 0.727. The Labute approximate surface area is 169 Å². The maximum Gasteiger partial charge on any atom is 1.00 e. The first-order valence-corrected chi connectivity index (χ1v) is 9.80. The first-order valence-electron chi connectivity index (χ1n) is 6.78. The molecule has 144 valence electrons. The Hall–Kier alpha value is -0.140. The summed E-state index contributed by atoms with van der Waals surface area (Å²) in [4.78, 5) is 51.4. The number of ether oxygens (including phenoxy) is 1. The van der Waals surface area contributed by atoms with Crippen LogP contribution in [-0.2, 0) is 22.7 Å². The fourth-order valence-corrected chi connectivity index (χ4v) is 3.76. The quantitative estimate of drug-likeness (QED) is 0.219. The number of phosphoric acid groups is 2. The predicted molar refractivity (Wildman–Crippen MR) is 80.6 cm³/mol. The van der Waals surface area contributed by atoms with E-state index in [0.29, 0.717) is 0 Å². The van der Waals surface area contributed by atoms with Crippen molar-refractivity contribution in [3.05, 3.63) is 32.6 Å². The van der Waals surface area contributed by atoms with Crippen LogP contribution in [0.2, 0.25) is 0 Å². The summed E-state index contributed by atoms with van der Waals surface area (Å²) in [5, 5.41) is 9.91. The van der Waals surface area contributed by atoms with Crippen molar-refractivity contribution in [3.63, 3.8) is 0 Å². The number of aryl methyl sites for hydroxylation is 1. The van der Waals surface area contributed by atoms with Crippen LogP contribution in [0, 0.1) is 6.92 Å². The molecular weight excluding hydrogens is 409 g/mol. The molecule has 1 aromatic heterocycles. The molecule has 5 N–H and O–H groups in total. The third-order valence-electron chi connectivity index (χ3n) is 3.27. The molecule has 1 fully saturated rings. The minimum Gasteiger partial charge on any atom is -1.00 e. The summed E-state index contributed by atoms with van der Waals surface area (Å²) < 4.78 is 36.3.